The predicted molar refractivity (Wildman–Crippen MR) is 86.3 cm³/mol. The van der Waals surface area contributed by atoms with Crippen LogP contribution in [0.3, 0.4) is 0 Å². The molecule has 108 valence electrons. The van der Waals surface area contributed by atoms with Gasteiger partial charge in [0, 0.05) is 16.6 Å². The van der Waals surface area contributed by atoms with Crippen LogP contribution in [0.25, 0.3) is 0 Å². The smallest absolute Gasteiger partial charge is 0.254 e. The maximum Gasteiger partial charge on any atom is 0.254 e. The van der Waals surface area contributed by atoms with Crippen LogP contribution >= 0.6 is 23.8 Å². The number of carbonyl (C=O) groups excluding carboxylic acids is 1. The fourth-order valence-electron chi connectivity index (χ4n) is 2.64. The second-order valence-corrected chi connectivity index (χ2v) is 6.23. The minimum absolute atomic E-state index is 0.0356. The molecule has 0 saturated heterocycles. The van der Waals surface area contributed by atoms with Crippen molar-refractivity contribution in [1.82, 2.24) is 4.90 Å². The van der Waals surface area contributed by atoms with Gasteiger partial charge in [0.1, 0.15) is 0 Å². The molecular weight excluding hydrogens is 292 g/mol. The van der Waals surface area contributed by atoms with Crippen molar-refractivity contribution in [3.8, 4) is 0 Å². The van der Waals surface area contributed by atoms with E-state index in [0.29, 0.717) is 22.1 Å². The topological polar surface area (TPSA) is 46.3 Å². The number of hydrogen-bond donors (Lipinski definition) is 1. The lowest BCUT2D eigenvalue weighted by molar-refractivity contribution is 0.0714. The fraction of sp³-hybridized carbons (Fsp3) is 0.467. The van der Waals surface area contributed by atoms with Crippen LogP contribution in [0.5, 0.6) is 0 Å². The van der Waals surface area contributed by atoms with Crippen LogP contribution in [0.2, 0.25) is 5.02 Å². The van der Waals surface area contributed by atoms with Gasteiger partial charge in [-0.3, -0.25) is 4.79 Å². The Morgan fingerprint density at radius 2 is 2.10 bits per heavy atom. The summed E-state index contributed by atoms with van der Waals surface area (Å²) in [5.41, 5.74) is 7.21. The molecule has 1 fully saturated rings. The quantitative estimate of drug-likeness (QED) is 0.868. The van der Waals surface area contributed by atoms with Crippen molar-refractivity contribution in [2.24, 2.45) is 5.73 Å². The minimum atomic E-state index is -0.0356. The maximum absolute atomic E-state index is 12.7. The second kappa shape index (κ2) is 6.55. The van der Waals surface area contributed by atoms with Gasteiger partial charge in [0.05, 0.1) is 11.5 Å². The molecule has 1 aromatic rings. The summed E-state index contributed by atoms with van der Waals surface area (Å²) in [5, 5.41) is 0.609. The molecule has 1 aromatic carbocycles. The molecule has 1 aliphatic rings. The van der Waals surface area contributed by atoms with Crippen LogP contribution in [0.1, 0.15) is 41.6 Å². The number of aryl methyl sites for hydroxylation is 1. The third kappa shape index (κ3) is 3.49. The highest BCUT2D eigenvalue weighted by Gasteiger charge is 2.27. The van der Waals surface area contributed by atoms with Crippen molar-refractivity contribution >= 4 is 34.7 Å². The molecule has 0 bridgehead atoms. The summed E-state index contributed by atoms with van der Waals surface area (Å²) in [6.45, 7) is 2.25. The Hall–Kier alpha value is -1.13. The van der Waals surface area contributed by atoms with Gasteiger partial charge >= 0.3 is 0 Å². The van der Waals surface area contributed by atoms with E-state index >= 15 is 0 Å². The lowest BCUT2D eigenvalue weighted by Gasteiger charge is -2.28. The van der Waals surface area contributed by atoms with Crippen molar-refractivity contribution in [2.75, 3.05) is 6.54 Å². The highest BCUT2D eigenvalue weighted by Crippen LogP contribution is 2.26. The van der Waals surface area contributed by atoms with Gasteiger partial charge in [-0.25, -0.2) is 0 Å². The molecule has 2 rings (SSSR count). The zero-order valence-corrected chi connectivity index (χ0v) is 13.1. The Kier molecular flexibility index (Phi) is 5.00. The van der Waals surface area contributed by atoms with Crippen LogP contribution in [0.4, 0.5) is 0 Å². The molecule has 1 aliphatic carbocycles. The number of nitrogens with zero attached hydrogens (tertiary/aromatic N) is 1. The van der Waals surface area contributed by atoms with Gasteiger partial charge in [-0.15, -0.1) is 0 Å². The summed E-state index contributed by atoms with van der Waals surface area (Å²) in [5.74, 6) is -0.0356. The van der Waals surface area contributed by atoms with E-state index in [1.54, 1.807) is 11.0 Å². The first-order valence-electron chi connectivity index (χ1n) is 6.84. The summed E-state index contributed by atoms with van der Waals surface area (Å²) in [6.07, 6.45) is 4.35. The molecule has 2 N–H and O–H groups in total. The normalized spacial score (nSPS) is 15.3. The number of carbonyl (C=O) groups is 1. The Morgan fingerprint density at radius 1 is 1.45 bits per heavy atom. The standard InChI is InChI=1S/C15H19ClN2OS/c1-10-6-7-11(8-13(10)16)15(19)18(9-14(17)20)12-4-2-3-5-12/h6-8,12H,2-5,9H2,1H3,(H2,17,20). The van der Waals surface area contributed by atoms with Crippen molar-refractivity contribution in [3.05, 3.63) is 34.3 Å². The summed E-state index contributed by atoms with van der Waals surface area (Å²) >= 11 is 11.1. The van der Waals surface area contributed by atoms with E-state index in [4.69, 9.17) is 29.6 Å². The van der Waals surface area contributed by atoms with E-state index in [1.807, 2.05) is 19.1 Å². The number of nitrogens with two attached hydrogens (primary N) is 1. The number of thiocarbonyl (C=S) groups is 1. The van der Waals surface area contributed by atoms with Crippen molar-refractivity contribution < 1.29 is 4.79 Å². The van der Waals surface area contributed by atoms with E-state index < -0.39 is 0 Å². The monoisotopic (exact) mass is 310 g/mol. The highest BCUT2D eigenvalue weighted by atomic mass is 35.5. The Labute approximate surface area is 130 Å². The lowest BCUT2D eigenvalue weighted by atomic mass is 10.1. The third-order valence-corrected chi connectivity index (χ3v) is 4.31. The number of benzene rings is 1. The number of halogens is 1. The van der Waals surface area contributed by atoms with E-state index in [-0.39, 0.29) is 11.9 Å². The predicted octanol–water partition coefficient (Wildman–Crippen LogP) is 3.32. The van der Waals surface area contributed by atoms with Crippen molar-refractivity contribution in [3.63, 3.8) is 0 Å². The molecular formula is C15H19ClN2OS. The van der Waals surface area contributed by atoms with Crippen LogP contribution in [-0.4, -0.2) is 28.4 Å². The largest absolute Gasteiger partial charge is 0.392 e. The van der Waals surface area contributed by atoms with E-state index in [2.05, 4.69) is 0 Å². The van der Waals surface area contributed by atoms with Crippen LogP contribution in [0, 0.1) is 6.92 Å². The molecule has 1 amide bonds. The molecule has 0 aliphatic heterocycles. The van der Waals surface area contributed by atoms with Crippen molar-refractivity contribution in [1.29, 1.82) is 0 Å². The average Bonchev–Trinajstić information content (AvgIpc) is 2.92. The molecule has 20 heavy (non-hydrogen) atoms. The molecule has 0 radical (unpaired) electrons. The van der Waals surface area contributed by atoms with E-state index in [9.17, 15) is 4.79 Å². The van der Waals surface area contributed by atoms with E-state index in [0.717, 1.165) is 31.2 Å². The molecule has 0 unspecified atom stereocenters. The van der Waals surface area contributed by atoms with E-state index in [1.165, 1.54) is 0 Å². The van der Waals surface area contributed by atoms with Gasteiger partial charge in [-0.1, -0.05) is 42.7 Å². The maximum atomic E-state index is 12.7. The van der Waals surface area contributed by atoms with Gasteiger partial charge in [-0.2, -0.15) is 0 Å². The number of rotatable bonds is 4. The Morgan fingerprint density at radius 3 is 2.65 bits per heavy atom. The Balaban J connectivity index is 2.24. The molecule has 0 atom stereocenters. The molecule has 3 nitrogen and oxygen atoms in total. The second-order valence-electron chi connectivity index (χ2n) is 5.30. The van der Waals surface area contributed by atoms with Gasteiger partial charge < -0.3 is 10.6 Å². The fourth-order valence-corrected chi connectivity index (χ4v) is 2.96. The zero-order chi connectivity index (χ0) is 14.7. The Bertz CT molecular complexity index is 527. The molecule has 5 heteroatoms. The van der Waals surface area contributed by atoms with Gasteiger partial charge in [0.2, 0.25) is 0 Å². The first kappa shape index (κ1) is 15.3. The summed E-state index contributed by atoms with van der Waals surface area (Å²) in [4.78, 5) is 14.8. The molecule has 1 saturated carbocycles. The van der Waals surface area contributed by atoms with Crippen LogP contribution < -0.4 is 5.73 Å². The lowest BCUT2D eigenvalue weighted by Crippen LogP contribution is -2.43. The minimum Gasteiger partial charge on any atom is -0.392 e. The van der Waals surface area contributed by atoms with Crippen LogP contribution in [0.15, 0.2) is 18.2 Å². The first-order chi connectivity index (χ1) is 9.49. The number of amides is 1. The summed E-state index contributed by atoms with van der Waals surface area (Å²) < 4.78 is 0. The van der Waals surface area contributed by atoms with Crippen LogP contribution in [-0.2, 0) is 0 Å². The average molecular weight is 311 g/mol. The van der Waals surface area contributed by atoms with Crippen molar-refractivity contribution in [2.45, 2.75) is 38.6 Å². The van der Waals surface area contributed by atoms with Gasteiger partial charge in [-0.05, 0) is 37.5 Å². The van der Waals surface area contributed by atoms with Gasteiger partial charge in [0.25, 0.3) is 5.91 Å². The third-order valence-electron chi connectivity index (χ3n) is 3.77. The van der Waals surface area contributed by atoms with Gasteiger partial charge in [0.15, 0.2) is 0 Å². The summed E-state index contributed by atoms with van der Waals surface area (Å²) in [7, 11) is 0. The molecule has 0 aromatic heterocycles. The summed E-state index contributed by atoms with van der Waals surface area (Å²) in [6, 6.07) is 5.64. The number of hydrogen-bond acceptors (Lipinski definition) is 2. The molecule has 0 heterocycles. The SMILES string of the molecule is Cc1ccc(C(=O)N(CC(N)=S)C2CCCC2)cc1Cl. The first-order valence-corrected chi connectivity index (χ1v) is 7.63. The highest BCUT2D eigenvalue weighted by molar-refractivity contribution is 7.80. The molecule has 0 spiro atoms. The zero-order valence-electron chi connectivity index (χ0n) is 11.6.